The van der Waals surface area contributed by atoms with Crippen molar-refractivity contribution in [3.8, 4) is 22.5 Å². The van der Waals surface area contributed by atoms with Gasteiger partial charge in [-0.15, -0.1) is 10.2 Å². The number of aromatic nitrogens is 3. The van der Waals surface area contributed by atoms with Crippen molar-refractivity contribution < 1.29 is 4.79 Å². The summed E-state index contributed by atoms with van der Waals surface area (Å²) < 4.78 is 1.42. The van der Waals surface area contributed by atoms with E-state index >= 15 is 0 Å². The lowest BCUT2D eigenvalue weighted by atomic mass is 10.0. The number of thioether (sulfide) groups is 1. The van der Waals surface area contributed by atoms with E-state index in [1.54, 1.807) is 0 Å². The average Bonchev–Trinajstić information content (AvgIpc) is 3.14. The highest BCUT2D eigenvalue weighted by Crippen LogP contribution is 2.28. The van der Waals surface area contributed by atoms with Gasteiger partial charge in [-0.1, -0.05) is 90.1 Å². The predicted molar refractivity (Wildman–Crippen MR) is 122 cm³/mol. The van der Waals surface area contributed by atoms with E-state index in [1.807, 2.05) is 85.8 Å². The fourth-order valence-electron chi connectivity index (χ4n) is 3.05. The topological polar surface area (TPSA) is 85.8 Å². The number of nitrogens with two attached hydrogens (primary N) is 1. The molecule has 0 spiro atoms. The molecule has 30 heavy (non-hydrogen) atoms. The van der Waals surface area contributed by atoms with E-state index in [-0.39, 0.29) is 11.7 Å². The first kappa shape index (κ1) is 19.7. The molecule has 150 valence electrons. The van der Waals surface area contributed by atoms with Crippen LogP contribution >= 0.6 is 11.8 Å². The van der Waals surface area contributed by atoms with Gasteiger partial charge in [-0.25, -0.2) is 4.68 Å². The molecule has 1 heterocycles. The number of amides is 1. The zero-order valence-corrected chi connectivity index (χ0v) is 17.3. The summed E-state index contributed by atoms with van der Waals surface area (Å²) in [7, 11) is 0. The fraction of sp³-hybridized carbons (Fsp3) is 0.0870. The van der Waals surface area contributed by atoms with E-state index in [4.69, 9.17) is 5.84 Å². The number of nitrogens with one attached hydrogen (secondary N) is 1. The van der Waals surface area contributed by atoms with E-state index in [2.05, 4.69) is 15.5 Å². The van der Waals surface area contributed by atoms with Gasteiger partial charge in [-0.3, -0.25) is 4.79 Å². The van der Waals surface area contributed by atoms with Crippen molar-refractivity contribution in [1.29, 1.82) is 0 Å². The Balaban J connectivity index is 1.44. The number of aryl methyl sites for hydroxylation is 1. The first-order valence-corrected chi connectivity index (χ1v) is 10.4. The van der Waals surface area contributed by atoms with Crippen molar-refractivity contribution in [2.75, 3.05) is 16.9 Å². The molecule has 0 saturated heterocycles. The second kappa shape index (κ2) is 8.84. The largest absolute Gasteiger partial charge is 0.335 e. The van der Waals surface area contributed by atoms with E-state index in [0.29, 0.717) is 11.0 Å². The van der Waals surface area contributed by atoms with Crippen LogP contribution in [0.2, 0.25) is 0 Å². The standard InChI is InChI=1S/C23H21N5OS/c1-16-11-13-18(14-12-16)22-26-27-23(28(22)24)30-15-21(29)25-20-10-6-5-9-19(20)17-7-3-2-4-8-17/h2-14H,15,24H2,1H3,(H,25,29). The lowest BCUT2D eigenvalue weighted by Crippen LogP contribution is -2.16. The van der Waals surface area contributed by atoms with Gasteiger partial charge in [0.2, 0.25) is 11.1 Å². The number of carbonyl (C=O) groups is 1. The summed E-state index contributed by atoms with van der Waals surface area (Å²) >= 11 is 1.25. The SMILES string of the molecule is Cc1ccc(-c2nnc(SCC(=O)Nc3ccccc3-c3ccccc3)n2N)cc1. The first-order chi connectivity index (χ1) is 14.6. The summed E-state index contributed by atoms with van der Waals surface area (Å²) in [4.78, 5) is 12.6. The Labute approximate surface area is 179 Å². The number of nitrogen functional groups attached to an aromatic ring is 1. The molecule has 1 amide bonds. The molecule has 0 atom stereocenters. The normalized spacial score (nSPS) is 10.7. The van der Waals surface area contributed by atoms with E-state index in [0.717, 1.165) is 27.9 Å². The molecular weight excluding hydrogens is 394 g/mol. The quantitative estimate of drug-likeness (QED) is 0.361. The Morgan fingerprint density at radius 2 is 1.63 bits per heavy atom. The molecule has 4 aromatic rings. The minimum absolute atomic E-state index is 0.136. The van der Waals surface area contributed by atoms with Crippen molar-refractivity contribution in [3.63, 3.8) is 0 Å². The Bertz CT molecular complexity index is 1160. The zero-order valence-electron chi connectivity index (χ0n) is 16.4. The van der Waals surface area contributed by atoms with Crippen LogP contribution in [-0.2, 0) is 4.79 Å². The number of anilines is 1. The molecule has 0 aliphatic heterocycles. The molecule has 3 N–H and O–H groups in total. The number of hydrogen-bond donors (Lipinski definition) is 2. The van der Waals surface area contributed by atoms with Crippen molar-refractivity contribution in [2.45, 2.75) is 12.1 Å². The summed E-state index contributed by atoms with van der Waals surface area (Å²) in [5, 5.41) is 11.8. The monoisotopic (exact) mass is 415 g/mol. The summed E-state index contributed by atoms with van der Waals surface area (Å²) in [6, 6.07) is 25.6. The molecule has 0 aliphatic rings. The molecule has 0 bridgehead atoms. The van der Waals surface area contributed by atoms with Gasteiger partial charge in [0.05, 0.1) is 5.75 Å². The highest BCUT2D eigenvalue weighted by molar-refractivity contribution is 7.99. The number of nitrogens with zero attached hydrogens (tertiary/aromatic N) is 3. The molecule has 7 heteroatoms. The van der Waals surface area contributed by atoms with Crippen LogP contribution in [0.5, 0.6) is 0 Å². The summed E-state index contributed by atoms with van der Waals surface area (Å²) in [5.41, 5.74) is 4.82. The minimum atomic E-state index is -0.136. The minimum Gasteiger partial charge on any atom is -0.335 e. The van der Waals surface area contributed by atoms with E-state index in [1.165, 1.54) is 16.4 Å². The highest BCUT2D eigenvalue weighted by Gasteiger charge is 2.14. The van der Waals surface area contributed by atoms with E-state index < -0.39 is 0 Å². The number of carbonyl (C=O) groups excluding carboxylic acids is 1. The zero-order chi connectivity index (χ0) is 20.9. The van der Waals surface area contributed by atoms with Gasteiger partial charge in [0, 0.05) is 16.8 Å². The summed E-state index contributed by atoms with van der Waals surface area (Å²) in [6.45, 7) is 2.02. The van der Waals surface area contributed by atoms with Gasteiger partial charge in [0.15, 0.2) is 5.82 Å². The van der Waals surface area contributed by atoms with Crippen molar-refractivity contribution in [2.24, 2.45) is 0 Å². The van der Waals surface area contributed by atoms with Crippen LogP contribution in [0.1, 0.15) is 5.56 Å². The maximum atomic E-state index is 12.6. The highest BCUT2D eigenvalue weighted by atomic mass is 32.2. The smallest absolute Gasteiger partial charge is 0.234 e. The summed E-state index contributed by atoms with van der Waals surface area (Å²) in [5.74, 6) is 6.75. The number of benzene rings is 3. The van der Waals surface area contributed by atoms with Crippen LogP contribution in [0.15, 0.2) is 84.0 Å². The summed E-state index contributed by atoms with van der Waals surface area (Å²) in [6.07, 6.45) is 0. The Hall–Kier alpha value is -3.58. The number of hydrogen-bond acceptors (Lipinski definition) is 5. The molecule has 0 saturated carbocycles. The maximum absolute atomic E-state index is 12.6. The molecule has 3 aromatic carbocycles. The van der Waals surface area contributed by atoms with Crippen molar-refractivity contribution in [1.82, 2.24) is 14.9 Å². The lowest BCUT2D eigenvalue weighted by Gasteiger charge is -2.11. The van der Waals surface area contributed by atoms with Crippen LogP contribution in [0.25, 0.3) is 22.5 Å². The molecule has 1 aromatic heterocycles. The van der Waals surface area contributed by atoms with Gasteiger partial charge in [-0.05, 0) is 18.6 Å². The third kappa shape index (κ3) is 4.36. The molecule has 0 radical (unpaired) electrons. The van der Waals surface area contributed by atoms with Gasteiger partial charge in [0.25, 0.3) is 0 Å². The van der Waals surface area contributed by atoms with Crippen molar-refractivity contribution in [3.05, 3.63) is 84.4 Å². The molecule has 0 aliphatic carbocycles. The Morgan fingerprint density at radius 3 is 2.40 bits per heavy atom. The molecule has 6 nitrogen and oxygen atoms in total. The van der Waals surface area contributed by atoms with Crippen LogP contribution in [0, 0.1) is 6.92 Å². The predicted octanol–water partition coefficient (Wildman–Crippen LogP) is 4.37. The second-order valence-corrected chi connectivity index (χ2v) is 7.73. The average molecular weight is 416 g/mol. The molecule has 0 unspecified atom stereocenters. The van der Waals surface area contributed by atoms with Crippen LogP contribution in [-0.4, -0.2) is 26.5 Å². The van der Waals surface area contributed by atoms with Gasteiger partial charge < -0.3 is 11.2 Å². The van der Waals surface area contributed by atoms with Gasteiger partial charge in [0.1, 0.15) is 0 Å². The van der Waals surface area contributed by atoms with Gasteiger partial charge in [-0.2, -0.15) is 0 Å². The Morgan fingerprint density at radius 1 is 0.933 bits per heavy atom. The third-order valence-corrected chi connectivity index (χ3v) is 5.54. The van der Waals surface area contributed by atoms with Crippen LogP contribution < -0.4 is 11.2 Å². The van der Waals surface area contributed by atoms with Gasteiger partial charge >= 0.3 is 0 Å². The van der Waals surface area contributed by atoms with Crippen LogP contribution in [0.4, 0.5) is 5.69 Å². The molecule has 4 rings (SSSR count). The van der Waals surface area contributed by atoms with Crippen molar-refractivity contribution >= 4 is 23.4 Å². The molecule has 0 fully saturated rings. The molecular formula is C23H21N5OS. The Kier molecular flexibility index (Phi) is 5.81. The van der Waals surface area contributed by atoms with Crippen LogP contribution in [0.3, 0.4) is 0 Å². The van der Waals surface area contributed by atoms with E-state index in [9.17, 15) is 4.79 Å². The second-order valence-electron chi connectivity index (χ2n) is 6.79. The fourth-order valence-corrected chi connectivity index (χ4v) is 3.71. The first-order valence-electron chi connectivity index (χ1n) is 9.46. The third-order valence-electron chi connectivity index (χ3n) is 4.59. The maximum Gasteiger partial charge on any atom is 0.234 e. The number of para-hydroxylation sites is 1. The lowest BCUT2D eigenvalue weighted by molar-refractivity contribution is -0.113. The number of rotatable bonds is 6.